The summed E-state index contributed by atoms with van der Waals surface area (Å²) in [6.07, 6.45) is 1.36. The van der Waals surface area contributed by atoms with Crippen molar-refractivity contribution >= 4 is 11.5 Å². The van der Waals surface area contributed by atoms with Gasteiger partial charge < -0.3 is 15.0 Å². The summed E-state index contributed by atoms with van der Waals surface area (Å²) in [4.78, 5) is 16.2. The lowest BCUT2D eigenvalue weighted by Crippen LogP contribution is -2.53. The lowest BCUT2D eigenvalue weighted by atomic mass is 9.81. The second kappa shape index (κ2) is 10.6. The fourth-order valence-electron chi connectivity index (χ4n) is 4.37. The van der Waals surface area contributed by atoms with Crippen molar-refractivity contribution in [2.24, 2.45) is 0 Å². The third kappa shape index (κ3) is 5.26. The molecule has 0 spiro atoms. The highest BCUT2D eigenvalue weighted by atomic mass is 16.5. The number of hydrogen-bond donors (Lipinski definition) is 1. The average Bonchev–Trinajstić information content (AvgIpc) is 2.88. The van der Waals surface area contributed by atoms with Gasteiger partial charge in [0, 0.05) is 30.9 Å². The molecule has 1 N–H and O–H groups in total. The van der Waals surface area contributed by atoms with Crippen molar-refractivity contribution in [3.63, 3.8) is 0 Å². The van der Waals surface area contributed by atoms with E-state index in [0.29, 0.717) is 19.4 Å². The summed E-state index contributed by atoms with van der Waals surface area (Å²) in [5.74, 6) is 0.147. The number of Topliss-reactive ketones (excluding diaryl/α,β-unsaturated/α-hetero) is 1. The maximum absolute atomic E-state index is 13.9. The number of ether oxygens (including phenoxy) is 1. The minimum absolute atomic E-state index is 0.147. The van der Waals surface area contributed by atoms with Crippen LogP contribution < -0.4 is 10.2 Å². The Balaban J connectivity index is 1.59. The zero-order chi connectivity index (χ0) is 22.2. The summed E-state index contributed by atoms with van der Waals surface area (Å²) >= 11 is 0. The first-order valence-corrected chi connectivity index (χ1v) is 11.5. The molecule has 166 valence electrons. The second-order valence-corrected chi connectivity index (χ2v) is 8.41. The molecule has 1 fully saturated rings. The second-order valence-electron chi connectivity index (χ2n) is 8.41. The Bertz CT molecular complexity index is 983. The van der Waals surface area contributed by atoms with Gasteiger partial charge >= 0.3 is 0 Å². The van der Waals surface area contributed by atoms with E-state index >= 15 is 0 Å². The number of hydrogen-bond acceptors (Lipinski definition) is 4. The number of benzene rings is 3. The molecule has 0 amide bonds. The summed E-state index contributed by atoms with van der Waals surface area (Å²) in [5.41, 5.74) is 3.56. The van der Waals surface area contributed by atoms with Crippen molar-refractivity contribution in [2.45, 2.75) is 31.8 Å². The van der Waals surface area contributed by atoms with Gasteiger partial charge in [0.1, 0.15) is 0 Å². The van der Waals surface area contributed by atoms with E-state index in [1.807, 2.05) is 48.5 Å². The highest BCUT2D eigenvalue weighted by molar-refractivity contribution is 6.03. The Morgan fingerprint density at radius 3 is 2.06 bits per heavy atom. The lowest BCUT2D eigenvalue weighted by molar-refractivity contribution is 0.0839. The Kier molecular flexibility index (Phi) is 7.35. The van der Waals surface area contributed by atoms with E-state index in [1.165, 1.54) is 5.56 Å². The molecule has 1 aliphatic rings. The van der Waals surface area contributed by atoms with Crippen LogP contribution in [0.3, 0.4) is 0 Å². The molecule has 3 aromatic carbocycles. The molecule has 1 unspecified atom stereocenters. The van der Waals surface area contributed by atoms with E-state index in [4.69, 9.17) is 4.74 Å². The molecule has 32 heavy (non-hydrogen) atoms. The molecule has 1 aliphatic heterocycles. The van der Waals surface area contributed by atoms with Crippen LogP contribution in [0.25, 0.3) is 0 Å². The van der Waals surface area contributed by atoms with Crippen LogP contribution in [-0.2, 0) is 17.7 Å². The molecule has 3 aromatic rings. The maximum Gasteiger partial charge on any atom is 0.183 e. The van der Waals surface area contributed by atoms with E-state index in [9.17, 15) is 4.79 Å². The molecule has 4 nitrogen and oxygen atoms in total. The van der Waals surface area contributed by atoms with Gasteiger partial charge in [0.05, 0.1) is 18.8 Å². The zero-order valence-electron chi connectivity index (χ0n) is 18.8. The summed E-state index contributed by atoms with van der Waals surface area (Å²) in [6, 6.07) is 28.7. The monoisotopic (exact) mass is 428 g/mol. The molecule has 4 heteroatoms. The zero-order valence-corrected chi connectivity index (χ0v) is 18.8. The molecule has 4 rings (SSSR count). The molecule has 1 saturated heterocycles. The third-order valence-electron chi connectivity index (χ3n) is 6.37. The number of nitrogens with one attached hydrogen (secondary N) is 1. The highest BCUT2D eigenvalue weighted by Gasteiger charge is 2.37. The summed E-state index contributed by atoms with van der Waals surface area (Å²) in [5, 5.41) is 3.65. The molecular weight excluding hydrogens is 396 g/mol. The van der Waals surface area contributed by atoms with Crippen LogP contribution in [0.15, 0.2) is 84.9 Å². The summed E-state index contributed by atoms with van der Waals surface area (Å²) < 4.78 is 5.46. The first kappa shape index (κ1) is 22.3. The van der Waals surface area contributed by atoms with Gasteiger partial charge in [-0.15, -0.1) is 0 Å². The molecular formula is C28H32N2O2. The molecule has 1 heterocycles. The van der Waals surface area contributed by atoms with Gasteiger partial charge in [0.15, 0.2) is 5.78 Å². The normalized spacial score (nSPS) is 15.8. The number of carbonyl (C=O) groups excluding carboxylic acids is 1. The first-order chi connectivity index (χ1) is 15.7. The summed E-state index contributed by atoms with van der Waals surface area (Å²) in [6.45, 7) is 6.03. The predicted octanol–water partition coefficient (Wildman–Crippen LogP) is 4.89. The van der Waals surface area contributed by atoms with Crippen molar-refractivity contribution in [3.05, 3.63) is 102 Å². The Hall–Kier alpha value is -2.95. The van der Waals surface area contributed by atoms with Crippen molar-refractivity contribution < 1.29 is 9.53 Å². The van der Waals surface area contributed by atoms with Gasteiger partial charge in [-0.3, -0.25) is 4.79 Å². The lowest BCUT2D eigenvalue weighted by Gasteiger charge is -2.34. The van der Waals surface area contributed by atoms with Crippen LogP contribution in [0.4, 0.5) is 5.69 Å². The highest BCUT2D eigenvalue weighted by Crippen LogP contribution is 2.26. The quantitative estimate of drug-likeness (QED) is 0.493. The standard InChI is InChI=1S/C28H32N2O2/c1-2-28(21-23-9-5-3-6-10-23,29-22-24-11-7-4-8-12-24)27(31)25-13-15-26(16-14-25)30-17-19-32-20-18-30/h3-16,29H,2,17-22H2,1H3. The van der Waals surface area contributed by atoms with Crippen molar-refractivity contribution in [2.75, 3.05) is 31.2 Å². The fraction of sp³-hybridized carbons (Fsp3) is 0.321. The topological polar surface area (TPSA) is 41.6 Å². The SMILES string of the molecule is CCC(Cc1ccccc1)(NCc1ccccc1)C(=O)c1ccc(N2CCOCC2)cc1. The van der Waals surface area contributed by atoms with Crippen LogP contribution >= 0.6 is 0 Å². The van der Waals surface area contributed by atoms with Gasteiger partial charge in [-0.1, -0.05) is 67.6 Å². The van der Waals surface area contributed by atoms with Gasteiger partial charge in [0.25, 0.3) is 0 Å². The Morgan fingerprint density at radius 2 is 1.47 bits per heavy atom. The fourth-order valence-corrected chi connectivity index (χ4v) is 4.37. The van der Waals surface area contributed by atoms with Crippen LogP contribution in [0, 0.1) is 0 Å². The van der Waals surface area contributed by atoms with E-state index in [-0.39, 0.29) is 5.78 Å². The number of carbonyl (C=O) groups is 1. The molecule has 0 saturated carbocycles. The van der Waals surface area contributed by atoms with Crippen molar-refractivity contribution in [1.29, 1.82) is 0 Å². The van der Waals surface area contributed by atoms with Crippen LogP contribution in [0.1, 0.15) is 34.8 Å². The molecule has 1 atom stereocenters. The minimum Gasteiger partial charge on any atom is -0.378 e. The first-order valence-electron chi connectivity index (χ1n) is 11.5. The smallest absolute Gasteiger partial charge is 0.183 e. The predicted molar refractivity (Wildman–Crippen MR) is 130 cm³/mol. The maximum atomic E-state index is 13.9. The van der Waals surface area contributed by atoms with E-state index < -0.39 is 5.54 Å². The van der Waals surface area contributed by atoms with Crippen molar-refractivity contribution in [1.82, 2.24) is 5.32 Å². The Labute approximate surface area is 191 Å². The number of morpholine rings is 1. The molecule has 0 bridgehead atoms. The number of ketones is 1. The summed E-state index contributed by atoms with van der Waals surface area (Å²) in [7, 11) is 0. The molecule has 0 aliphatic carbocycles. The van der Waals surface area contributed by atoms with Crippen LogP contribution in [0.5, 0.6) is 0 Å². The number of nitrogens with zero attached hydrogens (tertiary/aromatic N) is 1. The van der Waals surface area contributed by atoms with Crippen LogP contribution in [-0.4, -0.2) is 37.6 Å². The number of rotatable bonds is 9. The third-order valence-corrected chi connectivity index (χ3v) is 6.37. The van der Waals surface area contributed by atoms with Gasteiger partial charge in [-0.05, 0) is 48.2 Å². The van der Waals surface area contributed by atoms with Gasteiger partial charge in [-0.25, -0.2) is 0 Å². The van der Waals surface area contributed by atoms with Gasteiger partial charge in [0.2, 0.25) is 0 Å². The van der Waals surface area contributed by atoms with Crippen molar-refractivity contribution in [3.8, 4) is 0 Å². The largest absolute Gasteiger partial charge is 0.378 e. The minimum atomic E-state index is -0.669. The molecule has 0 radical (unpaired) electrons. The van der Waals surface area contributed by atoms with Gasteiger partial charge in [-0.2, -0.15) is 0 Å². The number of anilines is 1. The average molecular weight is 429 g/mol. The van der Waals surface area contributed by atoms with E-state index in [2.05, 4.69) is 53.5 Å². The Morgan fingerprint density at radius 1 is 0.875 bits per heavy atom. The van der Waals surface area contributed by atoms with E-state index in [1.54, 1.807) is 0 Å². The molecule has 0 aromatic heterocycles. The van der Waals surface area contributed by atoms with E-state index in [0.717, 1.165) is 43.1 Å². The van der Waals surface area contributed by atoms with Crippen LogP contribution in [0.2, 0.25) is 0 Å².